The van der Waals surface area contributed by atoms with Crippen LogP contribution in [-0.2, 0) is 0 Å². The smallest absolute Gasteiger partial charge is 0.0961 e. The molecular weight excluding hydrogens is 175 g/mol. The van der Waals surface area contributed by atoms with E-state index >= 15 is 0 Å². The van der Waals surface area contributed by atoms with E-state index in [9.17, 15) is 4.39 Å². The van der Waals surface area contributed by atoms with Crippen LogP contribution in [0.3, 0.4) is 0 Å². The number of alkyl halides is 1. The van der Waals surface area contributed by atoms with Gasteiger partial charge in [-0.25, -0.2) is 4.98 Å². The maximum Gasteiger partial charge on any atom is 0.0961 e. The molecule has 1 heterocycles. The second-order valence-electron chi connectivity index (χ2n) is 2.32. The Labute approximate surface area is 75.4 Å². The number of aromatic nitrogens is 1. The Morgan fingerprint density at radius 1 is 1.50 bits per heavy atom. The largest absolute Gasteiger partial charge is 0.397 e. The molecule has 1 rings (SSSR count). The predicted octanol–water partition coefficient (Wildman–Crippen LogP) is 2.12. The highest BCUT2D eigenvalue weighted by Crippen LogP contribution is 2.16. The molecule has 66 valence electrons. The summed E-state index contributed by atoms with van der Waals surface area (Å²) in [6.45, 7) is -0.262. The molecule has 0 fully saturated rings. The summed E-state index contributed by atoms with van der Waals surface area (Å²) in [7, 11) is 0. The molecule has 0 spiro atoms. The predicted molar refractivity (Wildman–Crippen MR) is 50.0 cm³/mol. The van der Waals surface area contributed by atoms with Gasteiger partial charge < -0.3 is 5.73 Å². The molecule has 2 nitrogen and oxygen atoms in total. The van der Waals surface area contributed by atoms with Crippen LogP contribution >= 0.6 is 11.8 Å². The molecule has 0 unspecified atom stereocenters. The Hall–Kier alpha value is -0.770. The van der Waals surface area contributed by atoms with Crippen molar-refractivity contribution in [2.24, 2.45) is 0 Å². The number of halogens is 1. The summed E-state index contributed by atoms with van der Waals surface area (Å²) in [6.07, 6.45) is 2.19. The number of rotatable bonds is 4. The Balaban J connectivity index is 2.37. The average Bonchev–Trinajstić information content (AvgIpc) is 2.09. The first kappa shape index (κ1) is 9.32. The Bertz CT molecular complexity index is 225. The highest BCUT2D eigenvalue weighted by Gasteiger charge is 1.94. The molecule has 0 atom stereocenters. The second kappa shape index (κ2) is 4.98. The summed E-state index contributed by atoms with van der Waals surface area (Å²) >= 11 is 1.55. The van der Waals surface area contributed by atoms with Gasteiger partial charge in [0, 0.05) is 5.75 Å². The van der Waals surface area contributed by atoms with E-state index in [1.165, 1.54) is 0 Å². The highest BCUT2D eigenvalue weighted by molar-refractivity contribution is 7.99. The summed E-state index contributed by atoms with van der Waals surface area (Å²) in [6, 6.07) is 3.64. The molecule has 0 saturated heterocycles. The zero-order valence-electron chi connectivity index (χ0n) is 6.66. The summed E-state index contributed by atoms with van der Waals surface area (Å²) in [4.78, 5) is 4.07. The number of anilines is 1. The molecule has 2 N–H and O–H groups in total. The maximum absolute atomic E-state index is 11.7. The van der Waals surface area contributed by atoms with Crippen LogP contribution in [0, 0.1) is 0 Å². The van der Waals surface area contributed by atoms with Crippen molar-refractivity contribution < 1.29 is 4.39 Å². The lowest BCUT2D eigenvalue weighted by Crippen LogP contribution is -1.88. The van der Waals surface area contributed by atoms with E-state index in [0.717, 1.165) is 10.8 Å². The Morgan fingerprint density at radius 2 is 2.33 bits per heavy atom. The number of nitrogens with zero attached hydrogens (tertiary/aromatic N) is 1. The SMILES string of the molecule is Nc1ccc(SCCCF)nc1. The van der Waals surface area contributed by atoms with Crippen molar-refractivity contribution in [2.45, 2.75) is 11.4 Å². The first-order valence-electron chi connectivity index (χ1n) is 3.73. The van der Waals surface area contributed by atoms with Crippen molar-refractivity contribution in [2.75, 3.05) is 18.2 Å². The number of nitrogens with two attached hydrogens (primary N) is 1. The van der Waals surface area contributed by atoms with Crippen LogP contribution in [0.4, 0.5) is 10.1 Å². The third-order valence-electron chi connectivity index (χ3n) is 1.29. The molecule has 0 aromatic carbocycles. The third kappa shape index (κ3) is 3.09. The zero-order chi connectivity index (χ0) is 8.81. The van der Waals surface area contributed by atoms with E-state index in [1.54, 1.807) is 24.0 Å². The van der Waals surface area contributed by atoms with Crippen LogP contribution in [0.1, 0.15) is 6.42 Å². The first-order valence-corrected chi connectivity index (χ1v) is 4.72. The van der Waals surface area contributed by atoms with Gasteiger partial charge in [0.1, 0.15) is 0 Å². The van der Waals surface area contributed by atoms with E-state index in [-0.39, 0.29) is 6.67 Å². The average molecular weight is 186 g/mol. The van der Waals surface area contributed by atoms with Gasteiger partial charge in [0.25, 0.3) is 0 Å². The minimum absolute atomic E-state index is 0.262. The fourth-order valence-electron chi connectivity index (χ4n) is 0.708. The molecule has 0 bridgehead atoms. The van der Waals surface area contributed by atoms with E-state index in [2.05, 4.69) is 4.98 Å². The fourth-order valence-corrected chi connectivity index (χ4v) is 1.46. The molecule has 12 heavy (non-hydrogen) atoms. The number of hydrogen-bond acceptors (Lipinski definition) is 3. The standard InChI is InChI=1S/C8H11FN2S/c9-4-1-5-12-8-3-2-7(10)6-11-8/h2-3,6H,1,4-5,10H2. The van der Waals surface area contributed by atoms with Gasteiger partial charge in [-0.3, -0.25) is 4.39 Å². The zero-order valence-corrected chi connectivity index (χ0v) is 7.48. The summed E-state index contributed by atoms with van der Waals surface area (Å²) in [5, 5.41) is 0.901. The van der Waals surface area contributed by atoms with Crippen LogP contribution in [0.5, 0.6) is 0 Å². The molecule has 0 radical (unpaired) electrons. The number of thioether (sulfide) groups is 1. The van der Waals surface area contributed by atoms with Gasteiger partial charge in [0.2, 0.25) is 0 Å². The molecule has 1 aromatic rings. The van der Waals surface area contributed by atoms with Gasteiger partial charge in [-0.05, 0) is 18.6 Å². The first-order chi connectivity index (χ1) is 5.83. The lowest BCUT2D eigenvalue weighted by molar-refractivity contribution is 0.489. The van der Waals surface area contributed by atoms with E-state index in [1.807, 2.05) is 6.07 Å². The molecule has 0 saturated carbocycles. The van der Waals surface area contributed by atoms with Crippen molar-refractivity contribution in [1.29, 1.82) is 0 Å². The van der Waals surface area contributed by atoms with Crippen molar-refractivity contribution in [3.05, 3.63) is 18.3 Å². The number of pyridine rings is 1. The fraction of sp³-hybridized carbons (Fsp3) is 0.375. The number of nitrogen functional groups attached to an aromatic ring is 1. The Kier molecular flexibility index (Phi) is 3.87. The van der Waals surface area contributed by atoms with Crippen molar-refractivity contribution in [3.8, 4) is 0 Å². The van der Waals surface area contributed by atoms with Crippen LogP contribution in [0.2, 0.25) is 0 Å². The molecule has 4 heteroatoms. The normalized spacial score (nSPS) is 10.1. The quantitative estimate of drug-likeness (QED) is 0.578. The molecular formula is C8H11FN2S. The summed E-state index contributed by atoms with van der Waals surface area (Å²) < 4.78 is 11.7. The third-order valence-corrected chi connectivity index (χ3v) is 2.32. The lowest BCUT2D eigenvalue weighted by Gasteiger charge is -1.98. The minimum Gasteiger partial charge on any atom is -0.397 e. The lowest BCUT2D eigenvalue weighted by atomic mass is 10.4. The van der Waals surface area contributed by atoms with E-state index in [4.69, 9.17) is 5.73 Å². The van der Waals surface area contributed by atoms with E-state index < -0.39 is 0 Å². The topological polar surface area (TPSA) is 38.9 Å². The van der Waals surface area contributed by atoms with E-state index in [0.29, 0.717) is 12.1 Å². The van der Waals surface area contributed by atoms with Crippen LogP contribution in [-0.4, -0.2) is 17.4 Å². The minimum atomic E-state index is -0.262. The summed E-state index contributed by atoms with van der Waals surface area (Å²) in [5.41, 5.74) is 6.11. The molecule has 0 aliphatic carbocycles. The maximum atomic E-state index is 11.7. The summed E-state index contributed by atoms with van der Waals surface area (Å²) in [5.74, 6) is 0.771. The van der Waals surface area contributed by atoms with Gasteiger partial charge in [-0.1, -0.05) is 0 Å². The monoisotopic (exact) mass is 186 g/mol. The van der Waals surface area contributed by atoms with Gasteiger partial charge >= 0.3 is 0 Å². The highest BCUT2D eigenvalue weighted by atomic mass is 32.2. The van der Waals surface area contributed by atoms with Crippen LogP contribution < -0.4 is 5.73 Å². The van der Waals surface area contributed by atoms with Crippen molar-refractivity contribution in [1.82, 2.24) is 4.98 Å². The molecule has 0 aliphatic rings. The van der Waals surface area contributed by atoms with Crippen LogP contribution in [0.15, 0.2) is 23.4 Å². The Morgan fingerprint density at radius 3 is 2.92 bits per heavy atom. The van der Waals surface area contributed by atoms with Crippen molar-refractivity contribution >= 4 is 17.4 Å². The number of hydrogen-bond donors (Lipinski definition) is 1. The van der Waals surface area contributed by atoms with Gasteiger partial charge in [-0.15, -0.1) is 11.8 Å². The molecule has 0 amide bonds. The second-order valence-corrected chi connectivity index (χ2v) is 3.44. The van der Waals surface area contributed by atoms with Crippen LogP contribution in [0.25, 0.3) is 0 Å². The molecule has 1 aromatic heterocycles. The van der Waals surface area contributed by atoms with Gasteiger partial charge in [-0.2, -0.15) is 0 Å². The molecule has 0 aliphatic heterocycles. The van der Waals surface area contributed by atoms with Gasteiger partial charge in [0.05, 0.1) is 23.6 Å². The van der Waals surface area contributed by atoms with Crippen molar-refractivity contribution in [3.63, 3.8) is 0 Å². The van der Waals surface area contributed by atoms with Gasteiger partial charge in [0.15, 0.2) is 0 Å².